The van der Waals surface area contributed by atoms with Gasteiger partial charge < -0.3 is 5.32 Å². The van der Waals surface area contributed by atoms with Crippen LogP contribution in [0.3, 0.4) is 0 Å². The Morgan fingerprint density at radius 1 is 1.21 bits per heavy atom. The quantitative estimate of drug-likeness (QED) is 0.702. The van der Waals surface area contributed by atoms with E-state index in [1.165, 1.54) is 10.7 Å². The van der Waals surface area contributed by atoms with Crippen LogP contribution in [0.5, 0.6) is 0 Å². The Morgan fingerprint density at radius 3 is 2.79 bits per heavy atom. The molecule has 0 radical (unpaired) electrons. The van der Waals surface area contributed by atoms with Crippen molar-refractivity contribution in [1.82, 2.24) is 15.1 Å². The van der Waals surface area contributed by atoms with Crippen molar-refractivity contribution >= 4 is 29.3 Å². The first kappa shape index (κ1) is 18.8. The van der Waals surface area contributed by atoms with E-state index < -0.39 is 11.3 Å². The van der Waals surface area contributed by atoms with Crippen molar-refractivity contribution < 1.29 is 4.79 Å². The van der Waals surface area contributed by atoms with Crippen LogP contribution in [0, 0.1) is 6.92 Å². The minimum atomic E-state index is -0.475. The maximum Gasteiger partial charge on any atom is 0.276 e. The average molecular weight is 412 g/mol. The van der Waals surface area contributed by atoms with E-state index in [0.717, 1.165) is 22.6 Å². The van der Waals surface area contributed by atoms with Gasteiger partial charge in [-0.05, 0) is 37.1 Å². The van der Waals surface area contributed by atoms with E-state index in [9.17, 15) is 9.59 Å². The van der Waals surface area contributed by atoms with Gasteiger partial charge >= 0.3 is 0 Å². The highest BCUT2D eigenvalue weighted by atomic mass is 35.5. The SMILES string of the molecule is Cc1cc(=O)c(C(=O)N[C@@H]2CCSc3ccccc32)nn1-c1ccccc1Cl. The molecule has 1 amide bonds. The fraction of sp³-hybridized carbons (Fsp3) is 0.190. The molecular weight excluding hydrogens is 394 g/mol. The predicted octanol–water partition coefficient (Wildman–Crippen LogP) is 4.16. The van der Waals surface area contributed by atoms with Crippen LogP contribution in [0.25, 0.3) is 5.69 Å². The Kier molecular flexibility index (Phi) is 5.24. The molecule has 3 aromatic rings. The molecule has 0 spiro atoms. The lowest BCUT2D eigenvalue weighted by atomic mass is 10.0. The summed E-state index contributed by atoms with van der Waals surface area (Å²) in [6.45, 7) is 1.76. The van der Waals surface area contributed by atoms with Crippen molar-refractivity contribution in [3.05, 3.63) is 86.8 Å². The molecule has 0 saturated heterocycles. The zero-order valence-corrected chi connectivity index (χ0v) is 16.8. The number of benzene rings is 2. The van der Waals surface area contributed by atoms with E-state index in [0.29, 0.717) is 16.4 Å². The Balaban J connectivity index is 1.68. The second-order valence-corrected chi connectivity index (χ2v) is 8.11. The molecular formula is C21H18ClN3O2S. The zero-order chi connectivity index (χ0) is 19.7. The molecule has 7 heteroatoms. The summed E-state index contributed by atoms with van der Waals surface area (Å²) in [6.07, 6.45) is 0.804. The van der Waals surface area contributed by atoms with Gasteiger partial charge in [0.05, 0.1) is 16.8 Å². The maximum atomic E-state index is 12.9. The van der Waals surface area contributed by atoms with Gasteiger partial charge in [0, 0.05) is 22.4 Å². The van der Waals surface area contributed by atoms with E-state index in [4.69, 9.17) is 11.6 Å². The molecule has 0 bridgehead atoms. The molecule has 5 nitrogen and oxygen atoms in total. The number of thioether (sulfide) groups is 1. The first-order valence-electron chi connectivity index (χ1n) is 8.93. The van der Waals surface area contributed by atoms with Gasteiger partial charge in [-0.1, -0.05) is 41.9 Å². The van der Waals surface area contributed by atoms with Crippen LogP contribution in [-0.2, 0) is 0 Å². The van der Waals surface area contributed by atoms with Crippen LogP contribution in [0.4, 0.5) is 0 Å². The van der Waals surface area contributed by atoms with Crippen molar-refractivity contribution in [2.75, 3.05) is 5.75 Å². The second-order valence-electron chi connectivity index (χ2n) is 6.56. The van der Waals surface area contributed by atoms with Crippen molar-refractivity contribution in [2.45, 2.75) is 24.3 Å². The van der Waals surface area contributed by atoms with Crippen LogP contribution in [0.2, 0.25) is 5.02 Å². The topological polar surface area (TPSA) is 64.0 Å². The Bertz CT molecular complexity index is 1110. The molecule has 4 rings (SSSR count). The molecule has 2 heterocycles. The molecule has 1 N–H and O–H groups in total. The normalized spacial score (nSPS) is 15.7. The Morgan fingerprint density at radius 2 is 1.96 bits per heavy atom. The molecule has 1 aromatic heterocycles. The monoisotopic (exact) mass is 411 g/mol. The number of nitrogens with one attached hydrogen (secondary N) is 1. The summed E-state index contributed by atoms with van der Waals surface area (Å²) in [4.78, 5) is 26.5. The first-order chi connectivity index (χ1) is 13.5. The van der Waals surface area contributed by atoms with Crippen LogP contribution in [0.15, 0.2) is 64.3 Å². The first-order valence-corrected chi connectivity index (χ1v) is 10.3. The lowest BCUT2D eigenvalue weighted by Crippen LogP contribution is -2.35. The molecule has 0 fully saturated rings. The fourth-order valence-electron chi connectivity index (χ4n) is 3.29. The third-order valence-corrected chi connectivity index (χ3v) is 6.11. The predicted molar refractivity (Wildman–Crippen MR) is 112 cm³/mol. The number of nitrogens with zero attached hydrogens (tertiary/aromatic N) is 2. The smallest absolute Gasteiger partial charge is 0.276 e. The van der Waals surface area contributed by atoms with Crippen LogP contribution < -0.4 is 10.7 Å². The molecule has 0 unspecified atom stereocenters. The van der Waals surface area contributed by atoms with Crippen LogP contribution in [0.1, 0.15) is 34.2 Å². The van der Waals surface area contributed by atoms with Crippen LogP contribution in [-0.4, -0.2) is 21.4 Å². The number of carbonyl (C=O) groups excluding carboxylic acids is 1. The van der Waals surface area contributed by atoms with E-state index in [1.54, 1.807) is 30.8 Å². The fourth-order valence-corrected chi connectivity index (χ4v) is 4.63. The van der Waals surface area contributed by atoms with Gasteiger partial charge in [0.15, 0.2) is 5.69 Å². The maximum absolute atomic E-state index is 12.9. The van der Waals surface area contributed by atoms with Gasteiger partial charge in [-0.2, -0.15) is 5.10 Å². The molecule has 0 saturated carbocycles. The lowest BCUT2D eigenvalue weighted by Gasteiger charge is -2.25. The Labute approximate surface area is 171 Å². The number of hydrogen-bond donors (Lipinski definition) is 1. The van der Waals surface area contributed by atoms with E-state index in [-0.39, 0.29) is 11.7 Å². The third-order valence-electron chi connectivity index (χ3n) is 4.67. The number of halogens is 1. The van der Waals surface area contributed by atoms with Gasteiger partial charge in [0.2, 0.25) is 5.43 Å². The highest BCUT2D eigenvalue weighted by molar-refractivity contribution is 7.99. The highest BCUT2D eigenvalue weighted by Crippen LogP contribution is 2.35. The standard InChI is InChI=1S/C21H18ClN3O2S/c1-13-12-18(26)20(24-25(13)17-8-4-3-7-15(17)22)21(27)23-16-10-11-28-19-9-5-2-6-14(16)19/h2-9,12,16H,10-11H2,1H3,(H,23,27)/t16-/m1/s1. The summed E-state index contributed by atoms with van der Waals surface area (Å²) < 4.78 is 1.53. The molecule has 28 heavy (non-hydrogen) atoms. The summed E-state index contributed by atoms with van der Waals surface area (Å²) in [5.41, 5.74) is 1.76. The summed E-state index contributed by atoms with van der Waals surface area (Å²) >= 11 is 8.05. The van der Waals surface area contributed by atoms with Crippen molar-refractivity contribution in [3.8, 4) is 5.69 Å². The number of hydrogen-bond acceptors (Lipinski definition) is 4. The van der Waals surface area contributed by atoms with Gasteiger partial charge in [-0.15, -0.1) is 11.8 Å². The van der Waals surface area contributed by atoms with E-state index in [2.05, 4.69) is 10.4 Å². The number of aryl methyl sites for hydroxylation is 1. The van der Waals surface area contributed by atoms with Crippen LogP contribution >= 0.6 is 23.4 Å². The summed E-state index contributed by atoms with van der Waals surface area (Å²) in [5, 5.41) is 7.80. The molecule has 1 aliphatic rings. The van der Waals surface area contributed by atoms with Gasteiger partial charge in [0.1, 0.15) is 0 Å². The van der Waals surface area contributed by atoms with Gasteiger partial charge in [-0.3, -0.25) is 9.59 Å². The molecule has 0 aliphatic carbocycles. The zero-order valence-electron chi connectivity index (χ0n) is 15.2. The molecule has 1 atom stereocenters. The molecule has 1 aliphatic heterocycles. The van der Waals surface area contributed by atoms with E-state index in [1.807, 2.05) is 36.4 Å². The van der Waals surface area contributed by atoms with E-state index >= 15 is 0 Å². The second kappa shape index (κ2) is 7.81. The summed E-state index contributed by atoms with van der Waals surface area (Å²) in [7, 11) is 0. The third kappa shape index (κ3) is 3.57. The van der Waals surface area contributed by atoms with Crippen molar-refractivity contribution in [3.63, 3.8) is 0 Å². The minimum absolute atomic E-state index is 0.138. The Hall–Kier alpha value is -2.57. The highest BCUT2D eigenvalue weighted by Gasteiger charge is 2.24. The number of amides is 1. The van der Waals surface area contributed by atoms with Gasteiger partial charge in [0.25, 0.3) is 5.91 Å². The van der Waals surface area contributed by atoms with Gasteiger partial charge in [-0.25, -0.2) is 4.68 Å². The summed E-state index contributed by atoms with van der Waals surface area (Å²) in [6, 6.07) is 16.5. The largest absolute Gasteiger partial charge is 0.344 e. The number of fused-ring (bicyclic) bond motifs is 1. The average Bonchev–Trinajstić information content (AvgIpc) is 2.69. The lowest BCUT2D eigenvalue weighted by molar-refractivity contribution is 0.0927. The summed E-state index contributed by atoms with van der Waals surface area (Å²) in [5.74, 6) is 0.435. The van der Waals surface area contributed by atoms with Crippen molar-refractivity contribution in [2.24, 2.45) is 0 Å². The number of aromatic nitrogens is 2. The van der Waals surface area contributed by atoms with Crippen molar-refractivity contribution in [1.29, 1.82) is 0 Å². The minimum Gasteiger partial charge on any atom is -0.344 e. The molecule has 2 aromatic carbocycles. The molecule has 142 valence electrons. The number of rotatable bonds is 3. The number of carbonyl (C=O) groups is 1. The number of para-hydroxylation sites is 1.